The molecule has 15 aromatic heterocycles. The third-order valence-electron chi connectivity index (χ3n) is 25.8. The SMILES string of the molecule is Cc1[nH]ncc1-c1nc2ccc3[nH]ncc3c2c2c1CN(C(C)C)CC2.Cc1[nH]ncc1-c1nc2ccc3[nH]ncc3c2c2c1CS(=O)CC2.Cc1[nH]ncc1-c1nc2ccc3[nH]ncc3c2c2c1CSCC2.Cc1nn(C)cc1-c1nc2ccc3[nH]ncc3c2c2c1CCCC2.Cc1nn(C)cc1-c1nc2ccc3n[nH]c(C)c3c2c2c1CC(C#N)CC2. The van der Waals surface area contributed by atoms with E-state index in [4.69, 9.17) is 24.9 Å². The summed E-state index contributed by atoms with van der Waals surface area (Å²) in [5, 5.41) is 88.7. The molecule has 0 amide bonds. The van der Waals surface area contributed by atoms with E-state index < -0.39 is 10.8 Å². The second-order valence-electron chi connectivity index (χ2n) is 33.7. The highest BCUT2D eigenvalue weighted by Crippen LogP contribution is 2.46. The number of hydrogen-bond acceptors (Lipinski definition) is 19. The molecule has 0 saturated carbocycles. The van der Waals surface area contributed by atoms with Crippen LogP contribution in [0.25, 0.3) is 165 Å². The quantitative estimate of drug-likeness (QED) is 0.0766. The van der Waals surface area contributed by atoms with Crippen LogP contribution in [0.2, 0.25) is 0 Å². The summed E-state index contributed by atoms with van der Waals surface area (Å²) in [5.74, 6) is 3.45. The molecule has 18 heterocycles. The van der Waals surface area contributed by atoms with Crippen LogP contribution in [0.3, 0.4) is 0 Å². The van der Waals surface area contributed by atoms with Crippen LogP contribution in [0.5, 0.6) is 0 Å². The first-order chi connectivity index (χ1) is 60.5. The molecule has 3 aliphatic heterocycles. The van der Waals surface area contributed by atoms with Gasteiger partial charge in [0, 0.05) is 172 Å². The second-order valence-corrected chi connectivity index (χ2v) is 36.4. The summed E-state index contributed by atoms with van der Waals surface area (Å²) in [6.45, 7) is 18.7. The number of fused-ring (bicyclic) bond motifs is 25. The summed E-state index contributed by atoms with van der Waals surface area (Å²) in [4.78, 5) is 27.7. The lowest BCUT2D eigenvalue weighted by Crippen LogP contribution is -2.36. The zero-order chi connectivity index (χ0) is 84.4. The minimum absolute atomic E-state index is 0.0390. The van der Waals surface area contributed by atoms with Crippen molar-refractivity contribution in [3.05, 3.63) is 206 Å². The van der Waals surface area contributed by atoms with Crippen LogP contribution in [0.15, 0.2) is 116 Å². The Bertz CT molecular complexity index is 7740. The molecular formula is C94H91N27OS2. The van der Waals surface area contributed by atoms with Gasteiger partial charge < -0.3 is 0 Å². The molecule has 20 aromatic rings. The molecule has 2 aliphatic carbocycles. The lowest BCUT2D eigenvalue weighted by atomic mass is 9.80. The van der Waals surface area contributed by atoms with E-state index in [9.17, 15) is 9.47 Å². The number of thioether (sulfide) groups is 1. The molecule has 0 saturated heterocycles. The van der Waals surface area contributed by atoms with Crippen molar-refractivity contribution < 1.29 is 4.21 Å². The third kappa shape index (κ3) is 13.4. The average molecular weight is 1680 g/mol. The van der Waals surface area contributed by atoms with Crippen LogP contribution in [0.4, 0.5) is 0 Å². The first-order valence-corrected chi connectivity index (χ1v) is 45.1. The summed E-state index contributed by atoms with van der Waals surface area (Å²) < 4.78 is 15.9. The smallest absolute Gasteiger partial charge is 0.0931 e. The molecule has 0 spiro atoms. The molecule has 124 heavy (non-hydrogen) atoms. The van der Waals surface area contributed by atoms with Crippen molar-refractivity contribution in [2.75, 3.05) is 18.1 Å². The molecule has 0 bridgehead atoms. The maximum absolute atomic E-state index is 12.2. The van der Waals surface area contributed by atoms with Crippen molar-refractivity contribution in [3.63, 3.8) is 0 Å². The van der Waals surface area contributed by atoms with Gasteiger partial charge >= 0.3 is 0 Å². The normalized spacial score (nSPS) is 15.7. The number of rotatable bonds is 6. The Labute approximate surface area is 717 Å². The fraction of sp³-hybridized carbons (Fsp3) is 0.298. The molecule has 2 unspecified atom stereocenters. The van der Waals surface area contributed by atoms with Crippen LogP contribution < -0.4 is 0 Å². The number of aromatic nitrogens is 25. The Morgan fingerprint density at radius 2 is 0.847 bits per heavy atom. The molecule has 28 nitrogen and oxygen atoms in total. The van der Waals surface area contributed by atoms with Crippen molar-refractivity contribution in [2.24, 2.45) is 20.0 Å². The number of H-pyrrole nitrogens is 8. The molecule has 0 fully saturated rings. The van der Waals surface area contributed by atoms with Gasteiger partial charge in [-0.05, 0) is 242 Å². The number of pyridine rings is 5. The van der Waals surface area contributed by atoms with E-state index in [1.54, 1.807) is 6.20 Å². The average Bonchev–Trinajstić information content (AvgIpc) is 0.999. The van der Waals surface area contributed by atoms with Gasteiger partial charge in [-0.2, -0.15) is 68.0 Å². The van der Waals surface area contributed by atoms with E-state index in [-0.39, 0.29) is 5.92 Å². The van der Waals surface area contributed by atoms with Crippen molar-refractivity contribution in [3.8, 4) is 62.4 Å². The molecule has 8 N–H and O–H groups in total. The van der Waals surface area contributed by atoms with E-state index in [1.807, 2.05) is 111 Å². The molecule has 620 valence electrons. The first kappa shape index (κ1) is 77.8. The number of nitriles is 1. The Hall–Kier alpha value is -13.5. The number of hydrogen-bond donors (Lipinski definition) is 8. The van der Waals surface area contributed by atoms with Gasteiger partial charge in [0.25, 0.3) is 0 Å². The minimum Gasteiger partial charge on any atom is -0.296 e. The Balaban J connectivity index is 0.0000000951. The molecule has 5 aromatic carbocycles. The van der Waals surface area contributed by atoms with Crippen LogP contribution in [0.1, 0.15) is 123 Å². The Morgan fingerprint density at radius 1 is 0.427 bits per heavy atom. The Morgan fingerprint density at radius 3 is 1.32 bits per heavy atom. The number of nitrogens with one attached hydrogen (secondary N) is 8. The van der Waals surface area contributed by atoms with E-state index in [2.05, 4.69) is 193 Å². The summed E-state index contributed by atoms with van der Waals surface area (Å²) in [5.41, 5.74) is 40.2. The van der Waals surface area contributed by atoms with Gasteiger partial charge in [-0.25, -0.2) is 24.9 Å². The van der Waals surface area contributed by atoms with E-state index in [0.29, 0.717) is 17.5 Å². The van der Waals surface area contributed by atoms with Gasteiger partial charge in [-0.1, -0.05) is 0 Å². The third-order valence-corrected chi connectivity index (χ3v) is 28.1. The van der Waals surface area contributed by atoms with Gasteiger partial charge in [0.15, 0.2) is 0 Å². The molecule has 0 radical (unpaired) electrons. The molecule has 25 rings (SSSR count). The molecule has 5 aliphatic rings. The zero-order valence-corrected chi connectivity index (χ0v) is 72.3. The highest BCUT2D eigenvalue weighted by atomic mass is 32.2. The van der Waals surface area contributed by atoms with Gasteiger partial charge in [0.05, 0.1) is 156 Å². The largest absolute Gasteiger partial charge is 0.296 e. The van der Waals surface area contributed by atoms with Crippen molar-refractivity contribution in [2.45, 2.75) is 144 Å². The fourth-order valence-electron chi connectivity index (χ4n) is 19.8. The number of nitrogens with zero attached hydrogens (tertiary/aromatic N) is 19. The number of aryl methyl sites for hydroxylation is 12. The van der Waals surface area contributed by atoms with Crippen LogP contribution in [-0.2, 0) is 87.9 Å². The fourth-order valence-corrected chi connectivity index (χ4v) is 22.0. The van der Waals surface area contributed by atoms with Gasteiger partial charge in [-0.15, -0.1) is 0 Å². The summed E-state index contributed by atoms with van der Waals surface area (Å²) >= 11 is 1.98. The van der Waals surface area contributed by atoms with Crippen LogP contribution in [-0.4, -0.2) is 159 Å². The topological polar surface area (TPSA) is 374 Å². The second kappa shape index (κ2) is 31.4. The minimum atomic E-state index is -0.841. The molecule has 30 heteroatoms. The monoisotopic (exact) mass is 1680 g/mol. The Kier molecular flexibility index (Phi) is 19.7. The molecular weight excluding hydrogens is 1590 g/mol. The molecule has 2 atom stereocenters. The maximum atomic E-state index is 12.2. The number of benzene rings is 5. The van der Waals surface area contributed by atoms with Crippen molar-refractivity contribution in [1.82, 2.24) is 131 Å². The summed E-state index contributed by atoms with van der Waals surface area (Å²) in [6, 6.07) is 23.6. The lowest BCUT2D eigenvalue weighted by Gasteiger charge is -2.33. The van der Waals surface area contributed by atoms with Gasteiger partial charge in [-0.3, -0.25) is 59.3 Å². The zero-order valence-electron chi connectivity index (χ0n) is 70.7. The van der Waals surface area contributed by atoms with Crippen LogP contribution in [0, 0.1) is 58.8 Å². The number of aromatic amines is 8. The first-order valence-electron chi connectivity index (χ1n) is 42.4. The van der Waals surface area contributed by atoms with E-state index >= 15 is 0 Å². The van der Waals surface area contributed by atoms with E-state index in [1.165, 1.54) is 101 Å². The van der Waals surface area contributed by atoms with E-state index in [0.717, 1.165) is 243 Å². The summed E-state index contributed by atoms with van der Waals surface area (Å²) in [7, 11) is 3.06. The standard InChI is InChI=1S/C21H20N6.C20H22N6.C19H19N5.C17H15N5OS.C17H15N5S/c1-11-16(10-27(3)26-11)21-15-8-13(9-22)4-5-14(15)20-17(23-21)6-7-18-19(20)12(2)24-25-18;1-11(2)26-7-6-13-16(10-26)20(14-8-21-24-12(14)3)23-18-5-4-17-15(19(13)18)9-22-25-17;1-11-15(10-24(2)23-11)19-13-6-4-3-5-12(13)18-14-9-20-22-16(14)7-8-17(18)21-19;1-9-11(6-18-21-9)17-13-8-24(23)5-4-10(13)16-12-7-19-22-14(12)2-3-15(16)20-17;1-9-11(6-18-21-9)17-13-8-23-5-4-10(13)16-12-7-19-22-14(12)2-3-15(16)20-17/h6-7,10,13H,4-5,8H2,1-3H3,(H,24,25);4-5,8-9,11H,6-7,10H2,1-3H3,(H,21,24)(H,22,25);7-10H,3-6H2,1-2H3,(H,20,22);2-3,6-7H,4-5,8H2,1H3,(H,18,21)(H,19,22);2-3,6-7H,4-5,8H2,1H3,(H,18,21)(H,19,22). The highest BCUT2D eigenvalue weighted by molar-refractivity contribution is 7.98. The predicted molar refractivity (Wildman–Crippen MR) is 490 cm³/mol. The lowest BCUT2D eigenvalue weighted by molar-refractivity contribution is 0.204. The van der Waals surface area contributed by atoms with Gasteiger partial charge in [0.2, 0.25) is 0 Å². The van der Waals surface area contributed by atoms with Gasteiger partial charge in [0.1, 0.15) is 0 Å². The predicted octanol–water partition coefficient (Wildman–Crippen LogP) is 17.2. The van der Waals surface area contributed by atoms with Crippen LogP contribution >= 0.6 is 11.8 Å². The maximum Gasteiger partial charge on any atom is 0.0931 e. The van der Waals surface area contributed by atoms with Crippen molar-refractivity contribution >= 4 is 132 Å². The van der Waals surface area contributed by atoms with Crippen molar-refractivity contribution in [1.29, 1.82) is 5.26 Å². The summed E-state index contributed by atoms with van der Waals surface area (Å²) in [6.07, 6.45) is 27.5. The highest BCUT2D eigenvalue weighted by Gasteiger charge is 2.33.